The molecule has 0 N–H and O–H groups in total. The lowest BCUT2D eigenvalue weighted by atomic mass is 10.1. The second-order valence-corrected chi connectivity index (χ2v) is 4.62. The molecule has 21 heavy (non-hydrogen) atoms. The summed E-state index contributed by atoms with van der Waals surface area (Å²) in [7, 11) is 1.46. The summed E-state index contributed by atoms with van der Waals surface area (Å²) in [4.78, 5) is 23.5. The molecule has 1 amide bonds. The third-order valence-corrected chi connectivity index (χ3v) is 3.09. The normalized spacial score (nSPS) is 10.2. The first kappa shape index (κ1) is 14.6. The van der Waals surface area contributed by atoms with Gasteiger partial charge in [-0.2, -0.15) is 0 Å². The fourth-order valence-corrected chi connectivity index (χ4v) is 1.91. The molecule has 0 bridgehead atoms. The highest BCUT2D eigenvalue weighted by molar-refractivity contribution is 6.05. The molecule has 0 saturated carbocycles. The number of halogens is 1. The molecule has 0 atom stereocenters. The number of carbonyl (C=O) groups excluding carboxylic acids is 1. The van der Waals surface area contributed by atoms with Crippen molar-refractivity contribution in [2.45, 2.75) is 6.92 Å². The van der Waals surface area contributed by atoms with E-state index >= 15 is 0 Å². The van der Waals surface area contributed by atoms with Crippen LogP contribution in [0.4, 0.5) is 15.8 Å². The molecule has 0 spiro atoms. The number of nitrogens with zero attached hydrogens (tertiary/aromatic N) is 2. The van der Waals surface area contributed by atoms with Gasteiger partial charge in [0.05, 0.1) is 10.6 Å². The van der Waals surface area contributed by atoms with Crippen molar-refractivity contribution in [1.82, 2.24) is 0 Å². The zero-order valence-electron chi connectivity index (χ0n) is 11.5. The average Bonchev–Trinajstić information content (AvgIpc) is 2.48. The van der Waals surface area contributed by atoms with E-state index in [-0.39, 0.29) is 16.9 Å². The number of anilines is 1. The number of amides is 1. The van der Waals surface area contributed by atoms with Gasteiger partial charge in [-0.3, -0.25) is 14.9 Å². The Morgan fingerprint density at radius 1 is 1.19 bits per heavy atom. The van der Waals surface area contributed by atoms with Gasteiger partial charge in [0, 0.05) is 24.7 Å². The Bertz CT molecular complexity index is 699. The maximum atomic E-state index is 13.8. The first-order valence-corrected chi connectivity index (χ1v) is 6.19. The van der Waals surface area contributed by atoms with Crippen molar-refractivity contribution in [2.24, 2.45) is 0 Å². The van der Waals surface area contributed by atoms with Crippen LogP contribution in [-0.2, 0) is 0 Å². The third kappa shape index (κ3) is 3.05. The average molecular weight is 288 g/mol. The summed E-state index contributed by atoms with van der Waals surface area (Å²) >= 11 is 0. The van der Waals surface area contributed by atoms with Crippen LogP contribution in [0.25, 0.3) is 0 Å². The summed E-state index contributed by atoms with van der Waals surface area (Å²) in [5, 5.41) is 10.6. The molecule has 2 rings (SSSR count). The number of benzene rings is 2. The standard InChI is InChI=1S/C15H13FN2O3/c1-10-3-8-13(16)14(9-10)17(2)15(19)11-4-6-12(7-5-11)18(20)21/h3-9H,1-2H3. The van der Waals surface area contributed by atoms with Gasteiger partial charge in [-0.15, -0.1) is 0 Å². The molecule has 0 heterocycles. The third-order valence-electron chi connectivity index (χ3n) is 3.09. The van der Waals surface area contributed by atoms with Gasteiger partial charge in [-0.05, 0) is 36.8 Å². The molecule has 5 nitrogen and oxygen atoms in total. The Morgan fingerprint density at radius 2 is 1.81 bits per heavy atom. The molecule has 0 fully saturated rings. The number of rotatable bonds is 3. The van der Waals surface area contributed by atoms with Crippen LogP contribution in [0, 0.1) is 22.9 Å². The van der Waals surface area contributed by atoms with Crippen LogP contribution >= 0.6 is 0 Å². The summed E-state index contributed by atoms with van der Waals surface area (Å²) in [6.45, 7) is 1.80. The second kappa shape index (κ2) is 5.70. The highest BCUT2D eigenvalue weighted by atomic mass is 19.1. The fraction of sp³-hybridized carbons (Fsp3) is 0.133. The molecular formula is C15H13FN2O3. The van der Waals surface area contributed by atoms with Gasteiger partial charge < -0.3 is 4.90 Å². The smallest absolute Gasteiger partial charge is 0.269 e. The monoisotopic (exact) mass is 288 g/mol. The van der Waals surface area contributed by atoms with Gasteiger partial charge in [-0.25, -0.2) is 4.39 Å². The SMILES string of the molecule is Cc1ccc(F)c(N(C)C(=O)c2ccc([N+](=O)[O-])cc2)c1. The van der Waals surface area contributed by atoms with Gasteiger partial charge in [0.15, 0.2) is 0 Å². The van der Waals surface area contributed by atoms with Crippen LogP contribution in [0.2, 0.25) is 0 Å². The molecule has 6 heteroatoms. The number of carbonyl (C=O) groups is 1. The van der Waals surface area contributed by atoms with E-state index in [1.165, 1.54) is 42.3 Å². The lowest BCUT2D eigenvalue weighted by Crippen LogP contribution is -2.27. The Morgan fingerprint density at radius 3 is 2.38 bits per heavy atom. The summed E-state index contributed by atoms with van der Waals surface area (Å²) in [5.74, 6) is -0.937. The van der Waals surface area contributed by atoms with Crippen molar-refractivity contribution in [3.8, 4) is 0 Å². The van der Waals surface area contributed by atoms with Crippen molar-refractivity contribution < 1.29 is 14.1 Å². The van der Waals surface area contributed by atoms with Gasteiger partial charge >= 0.3 is 0 Å². The number of hydrogen-bond donors (Lipinski definition) is 0. The molecule has 2 aromatic rings. The van der Waals surface area contributed by atoms with Crippen molar-refractivity contribution in [2.75, 3.05) is 11.9 Å². The second-order valence-electron chi connectivity index (χ2n) is 4.62. The molecule has 108 valence electrons. The Balaban J connectivity index is 2.30. The summed E-state index contributed by atoms with van der Waals surface area (Å²) in [6.07, 6.45) is 0. The van der Waals surface area contributed by atoms with Crippen molar-refractivity contribution in [1.29, 1.82) is 0 Å². The molecule has 0 aliphatic heterocycles. The first-order valence-electron chi connectivity index (χ1n) is 6.19. The molecule has 0 radical (unpaired) electrons. The van der Waals surface area contributed by atoms with E-state index in [9.17, 15) is 19.3 Å². The number of hydrogen-bond acceptors (Lipinski definition) is 3. The summed E-state index contributed by atoms with van der Waals surface area (Å²) in [5.41, 5.74) is 1.15. The largest absolute Gasteiger partial charge is 0.309 e. The zero-order valence-corrected chi connectivity index (χ0v) is 11.5. The first-order chi connectivity index (χ1) is 9.90. The zero-order chi connectivity index (χ0) is 15.6. The minimum Gasteiger partial charge on any atom is -0.309 e. The molecule has 2 aromatic carbocycles. The summed E-state index contributed by atoms with van der Waals surface area (Å²) < 4.78 is 13.8. The van der Waals surface area contributed by atoms with Gasteiger partial charge in [-0.1, -0.05) is 6.07 Å². The minimum absolute atomic E-state index is 0.101. The predicted octanol–water partition coefficient (Wildman–Crippen LogP) is 3.32. The van der Waals surface area contributed by atoms with Crippen molar-refractivity contribution in [3.63, 3.8) is 0 Å². The molecule has 0 aromatic heterocycles. The van der Waals surface area contributed by atoms with E-state index in [0.29, 0.717) is 0 Å². The van der Waals surface area contributed by atoms with Gasteiger partial charge in [0.1, 0.15) is 5.82 Å². The van der Waals surface area contributed by atoms with Gasteiger partial charge in [0.2, 0.25) is 0 Å². The molecule has 0 aliphatic rings. The lowest BCUT2D eigenvalue weighted by molar-refractivity contribution is -0.384. The van der Waals surface area contributed by atoms with E-state index < -0.39 is 16.6 Å². The van der Waals surface area contributed by atoms with Crippen LogP contribution in [0.3, 0.4) is 0 Å². The maximum absolute atomic E-state index is 13.8. The molecule has 0 unspecified atom stereocenters. The number of non-ortho nitro benzene ring substituents is 1. The quantitative estimate of drug-likeness (QED) is 0.643. The number of nitro benzene ring substituents is 1. The topological polar surface area (TPSA) is 63.5 Å². The molecule has 0 aliphatic carbocycles. The fourth-order valence-electron chi connectivity index (χ4n) is 1.91. The Hall–Kier alpha value is -2.76. The van der Waals surface area contributed by atoms with Crippen LogP contribution in [-0.4, -0.2) is 17.9 Å². The van der Waals surface area contributed by atoms with Crippen LogP contribution in [0.1, 0.15) is 15.9 Å². The highest BCUT2D eigenvalue weighted by Gasteiger charge is 2.17. The van der Waals surface area contributed by atoms with E-state index in [2.05, 4.69) is 0 Å². The Labute approximate surface area is 120 Å². The van der Waals surface area contributed by atoms with E-state index in [0.717, 1.165) is 5.56 Å². The number of aryl methyl sites for hydroxylation is 1. The molecular weight excluding hydrogens is 275 g/mol. The lowest BCUT2D eigenvalue weighted by Gasteiger charge is -2.18. The maximum Gasteiger partial charge on any atom is 0.269 e. The van der Waals surface area contributed by atoms with Crippen LogP contribution < -0.4 is 4.90 Å². The van der Waals surface area contributed by atoms with Crippen LogP contribution in [0.5, 0.6) is 0 Å². The van der Waals surface area contributed by atoms with Crippen LogP contribution in [0.15, 0.2) is 42.5 Å². The summed E-state index contributed by atoms with van der Waals surface area (Å²) in [6, 6.07) is 9.67. The highest BCUT2D eigenvalue weighted by Crippen LogP contribution is 2.22. The van der Waals surface area contributed by atoms with Gasteiger partial charge in [0.25, 0.3) is 11.6 Å². The minimum atomic E-state index is -0.543. The van der Waals surface area contributed by atoms with E-state index in [4.69, 9.17) is 0 Å². The molecule has 0 saturated heterocycles. The van der Waals surface area contributed by atoms with E-state index in [1.807, 2.05) is 0 Å². The van der Waals surface area contributed by atoms with Crippen molar-refractivity contribution in [3.05, 3.63) is 69.5 Å². The van der Waals surface area contributed by atoms with Crippen molar-refractivity contribution >= 4 is 17.3 Å². The Kier molecular flexibility index (Phi) is 3.98. The number of nitro groups is 1. The predicted molar refractivity (Wildman–Crippen MR) is 77.0 cm³/mol. The van der Waals surface area contributed by atoms with E-state index in [1.54, 1.807) is 19.1 Å².